The SMILES string of the molecule is CCCSc1nc2c(c(=O)[nH]1)C(c1ccc(OCC)cc1)CC(=O)N2. The van der Waals surface area contributed by atoms with Crippen molar-refractivity contribution in [3.63, 3.8) is 0 Å². The molecule has 1 aliphatic heterocycles. The molecule has 0 fully saturated rings. The van der Waals surface area contributed by atoms with Gasteiger partial charge in [0.1, 0.15) is 11.6 Å². The molecule has 1 amide bonds. The quantitative estimate of drug-likeness (QED) is 0.611. The zero-order valence-corrected chi connectivity index (χ0v) is 15.1. The molecule has 2 aromatic rings. The summed E-state index contributed by atoms with van der Waals surface area (Å²) in [4.78, 5) is 32.0. The summed E-state index contributed by atoms with van der Waals surface area (Å²) in [7, 11) is 0. The lowest BCUT2D eigenvalue weighted by Gasteiger charge is -2.24. The Bertz CT molecular complexity index is 817. The standard InChI is InChI=1S/C18H21N3O3S/c1-3-9-25-18-20-16-15(17(23)21-18)13(10-14(22)19-16)11-5-7-12(8-6-11)24-4-2/h5-8,13H,3-4,9-10H2,1-2H3,(H2,19,20,21,22,23). The lowest BCUT2D eigenvalue weighted by molar-refractivity contribution is -0.116. The first-order valence-corrected chi connectivity index (χ1v) is 9.40. The monoisotopic (exact) mass is 359 g/mol. The average molecular weight is 359 g/mol. The van der Waals surface area contributed by atoms with Gasteiger partial charge >= 0.3 is 0 Å². The zero-order valence-electron chi connectivity index (χ0n) is 14.3. The van der Waals surface area contributed by atoms with Crippen LogP contribution in [0.3, 0.4) is 0 Å². The Labute approximate surface area is 150 Å². The van der Waals surface area contributed by atoms with Gasteiger partial charge in [-0.2, -0.15) is 0 Å². The molecular formula is C18H21N3O3S. The first-order chi connectivity index (χ1) is 12.1. The molecule has 0 spiro atoms. The van der Waals surface area contributed by atoms with Crippen molar-refractivity contribution in [3.8, 4) is 5.75 Å². The molecule has 0 saturated heterocycles. The summed E-state index contributed by atoms with van der Waals surface area (Å²) in [5.41, 5.74) is 1.23. The summed E-state index contributed by atoms with van der Waals surface area (Å²) in [5.74, 6) is 1.57. The molecule has 0 bridgehead atoms. The van der Waals surface area contributed by atoms with E-state index < -0.39 is 0 Å². The molecule has 25 heavy (non-hydrogen) atoms. The highest BCUT2D eigenvalue weighted by Gasteiger charge is 2.30. The van der Waals surface area contributed by atoms with E-state index in [0.29, 0.717) is 23.1 Å². The molecule has 0 saturated carbocycles. The number of nitrogens with one attached hydrogen (secondary N) is 2. The van der Waals surface area contributed by atoms with Gasteiger partial charge in [0.05, 0.1) is 12.2 Å². The van der Waals surface area contributed by atoms with Crippen molar-refractivity contribution < 1.29 is 9.53 Å². The summed E-state index contributed by atoms with van der Waals surface area (Å²) < 4.78 is 5.45. The molecule has 0 radical (unpaired) electrons. The van der Waals surface area contributed by atoms with Crippen LogP contribution in [-0.4, -0.2) is 28.2 Å². The third kappa shape index (κ3) is 3.87. The van der Waals surface area contributed by atoms with Crippen LogP contribution in [0, 0.1) is 0 Å². The van der Waals surface area contributed by atoms with Crippen LogP contribution in [0.2, 0.25) is 0 Å². The van der Waals surface area contributed by atoms with E-state index in [4.69, 9.17) is 4.74 Å². The maximum Gasteiger partial charge on any atom is 0.257 e. The van der Waals surface area contributed by atoms with Crippen LogP contribution in [-0.2, 0) is 4.79 Å². The lowest BCUT2D eigenvalue weighted by atomic mass is 9.87. The van der Waals surface area contributed by atoms with E-state index in [1.807, 2.05) is 31.2 Å². The number of hydrogen-bond acceptors (Lipinski definition) is 5. The Morgan fingerprint density at radius 3 is 2.68 bits per heavy atom. The van der Waals surface area contributed by atoms with E-state index in [1.54, 1.807) is 0 Å². The van der Waals surface area contributed by atoms with Crippen LogP contribution in [0.4, 0.5) is 5.82 Å². The number of carbonyl (C=O) groups is 1. The Morgan fingerprint density at radius 1 is 1.24 bits per heavy atom. The van der Waals surface area contributed by atoms with Crippen molar-refractivity contribution in [2.24, 2.45) is 0 Å². The van der Waals surface area contributed by atoms with Crippen molar-refractivity contribution in [1.29, 1.82) is 0 Å². The number of anilines is 1. The van der Waals surface area contributed by atoms with E-state index >= 15 is 0 Å². The Hall–Kier alpha value is -2.28. The topological polar surface area (TPSA) is 84.1 Å². The number of H-pyrrole nitrogens is 1. The molecule has 2 N–H and O–H groups in total. The average Bonchev–Trinajstić information content (AvgIpc) is 2.60. The zero-order chi connectivity index (χ0) is 17.8. The molecule has 132 valence electrons. The summed E-state index contributed by atoms with van der Waals surface area (Å²) in [6.45, 7) is 4.58. The second-order valence-electron chi connectivity index (χ2n) is 5.79. The van der Waals surface area contributed by atoms with Gasteiger partial charge in [-0.05, 0) is 31.0 Å². The van der Waals surface area contributed by atoms with Crippen molar-refractivity contribution in [3.05, 3.63) is 45.7 Å². The molecule has 1 aliphatic rings. The number of carbonyl (C=O) groups excluding carboxylic acids is 1. The van der Waals surface area contributed by atoms with Crippen LogP contribution < -0.4 is 15.6 Å². The van der Waals surface area contributed by atoms with Crippen molar-refractivity contribution in [2.75, 3.05) is 17.7 Å². The van der Waals surface area contributed by atoms with Gasteiger partial charge in [0.25, 0.3) is 5.56 Å². The third-order valence-corrected chi connectivity index (χ3v) is 5.04. The number of ether oxygens (including phenoxy) is 1. The fourth-order valence-corrected chi connectivity index (χ4v) is 3.58. The number of amides is 1. The second kappa shape index (κ2) is 7.74. The van der Waals surface area contributed by atoms with E-state index in [0.717, 1.165) is 23.5 Å². The van der Waals surface area contributed by atoms with E-state index in [2.05, 4.69) is 22.2 Å². The Morgan fingerprint density at radius 2 is 2.00 bits per heavy atom. The number of hydrogen-bond donors (Lipinski definition) is 2. The predicted octanol–water partition coefficient (Wildman–Crippen LogP) is 3.14. The highest BCUT2D eigenvalue weighted by Crippen LogP contribution is 2.35. The van der Waals surface area contributed by atoms with Gasteiger partial charge < -0.3 is 15.0 Å². The molecule has 3 rings (SSSR count). The summed E-state index contributed by atoms with van der Waals surface area (Å²) in [6.07, 6.45) is 1.21. The van der Waals surface area contributed by atoms with E-state index in [1.165, 1.54) is 11.8 Å². The van der Waals surface area contributed by atoms with Crippen molar-refractivity contribution in [1.82, 2.24) is 9.97 Å². The summed E-state index contributed by atoms with van der Waals surface area (Å²) in [5, 5.41) is 3.28. The second-order valence-corrected chi connectivity index (χ2v) is 6.87. The normalized spacial score (nSPS) is 16.2. The van der Waals surface area contributed by atoms with Gasteiger partial charge in [0.15, 0.2) is 5.16 Å². The minimum Gasteiger partial charge on any atom is -0.494 e. The largest absolute Gasteiger partial charge is 0.494 e. The summed E-state index contributed by atoms with van der Waals surface area (Å²) >= 11 is 1.48. The fraction of sp³-hybridized carbons (Fsp3) is 0.389. The molecule has 2 heterocycles. The van der Waals surface area contributed by atoms with Crippen LogP contribution in [0.15, 0.2) is 34.2 Å². The third-order valence-electron chi connectivity index (χ3n) is 3.97. The lowest BCUT2D eigenvalue weighted by Crippen LogP contribution is -2.31. The summed E-state index contributed by atoms with van der Waals surface area (Å²) in [6, 6.07) is 7.52. The maximum atomic E-state index is 12.6. The van der Waals surface area contributed by atoms with Gasteiger partial charge in [-0.1, -0.05) is 30.8 Å². The highest BCUT2D eigenvalue weighted by molar-refractivity contribution is 7.99. The van der Waals surface area contributed by atoms with Gasteiger partial charge in [-0.25, -0.2) is 4.98 Å². The smallest absolute Gasteiger partial charge is 0.257 e. The van der Waals surface area contributed by atoms with E-state index in [-0.39, 0.29) is 23.8 Å². The van der Waals surface area contributed by atoms with E-state index in [9.17, 15) is 9.59 Å². The fourth-order valence-electron chi connectivity index (χ4n) is 2.87. The number of aromatic amines is 1. The van der Waals surface area contributed by atoms with Crippen LogP contribution in [0.25, 0.3) is 0 Å². The highest BCUT2D eigenvalue weighted by atomic mass is 32.2. The number of nitrogens with zero attached hydrogens (tertiary/aromatic N) is 1. The van der Waals surface area contributed by atoms with Crippen LogP contribution in [0.5, 0.6) is 5.75 Å². The van der Waals surface area contributed by atoms with Crippen LogP contribution >= 0.6 is 11.8 Å². The van der Waals surface area contributed by atoms with Gasteiger partial charge in [-0.15, -0.1) is 0 Å². The molecule has 1 unspecified atom stereocenters. The van der Waals surface area contributed by atoms with Crippen molar-refractivity contribution in [2.45, 2.75) is 37.8 Å². The number of aromatic nitrogens is 2. The molecule has 1 aromatic heterocycles. The molecule has 0 aliphatic carbocycles. The first kappa shape index (κ1) is 17.5. The van der Waals surface area contributed by atoms with Crippen molar-refractivity contribution >= 4 is 23.5 Å². The first-order valence-electron chi connectivity index (χ1n) is 8.42. The molecule has 1 aromatic carbocycles. The Balaban J connectivity index is 1.98. The molecular weight excluding hydrogens is 338 g/mol. The minimum atomic E-state index is -0.305. The Kier molecular flexibility index (Phi) is 5.43. The maximum absolute atomic E-state index is 12.6. The number of rotatable bonds is 6. The number of thioether (sulfide) groups is 1. The van der Waals surface area contributed by atoms with Gasteiger partial charge in [0.2, 0.25) is 5.91 Å². The van der Waals surface area contributed by atoms with Gasteiger partial charge in [-0.3, -0.25) is 9.59 Å². The number of benzene rings is 1. The molecule has 6 nitrogen and oxygen atoms in total. The minimum absolute atomic E-state index is 0.129. The molecule has 7 heteroatoms. The van der Waals surface area contributed by atoms with Gasteiger partial charge in [0, 0.05) is 18.1 Å². The predicted molar refractivity (Wildman–Crippen MR) is 98.6 cm³/mol. The number of fused-ring (bicyclic) bond motifs is 1. The van der Waals surface area contributed by atoms with Crippen LogP contribution in [0.1, 0.15) is 43.7 Å². The molecule has 1 atom stereocenters.